The van der Waals surface area contributed by atoms with Crippen LogP contribution in [0.5, 0.6) is 5.75 Å². The highest BCUT2D eigenvalue weighted by atomic mass is 32.2. The number of rotatable bonds is 9. The van der Waals surface area contributed by atoms with Gasteiger partial charge in [0.05, 0.1) is 19.4 Å². The molecule has 1 heterocycles. The smallest absolute Gasteiger partial charge is 0.265 e. The van der Waals surface area contributed by atoms with Crippen molar-refractivity contribution in [2.75, 3.05) is 32.5 Å². The van der Waals surface area contributed by atoms with Gasteiger partial charge in [-0.15, -0.1) is 0 Å². The molecule has 0 aliphatic heterocycles. The molecule has 3 aromatic rings. The Bertz CT molecular complexity index is 1160. The molecular formula is C23H27N3O5S. The van der Waals surface area contributed by atoms with Crippen LogP contribution in [-0.2, 0) is 10.0 Å². The van der Waals surface area contributed by atoms with Crippen molar-refractivity contribution in [1.29, 1.82) is 0 Å². The van der Waals surface area contributed by atoms with Gasteiger partial charge in [-0.25, -0.2) is 8.42 Å². The van der Waals surface area contributed by atoms with E-state index in [1.165, 1.54) is 25.3 Å². The van der Waals surface area contributed by atoms with Gasteiger partial charge in [0.15, 0.2) is 0 Å². The SMILES string of the molecule is COc1ccc(C(=O)NC[C@H](c2ccco2)N(C)C)cc1S(=O)(=O)Nc1ccc(C)cc1. The van der Waals surface area contributed by atoms with E-state index in [-0.39, 0.29) is 28.8 Å². The summed E-state index contributed by atoms with van der Waals surface area (Å²) in [5.74, 6) is 0.455. The van der Waals surface area contributed by atoms with Crippen LogP contribution in [0.3, 0.4) is 0 Å². The third-order valence-electron chi connectivity index (χ3n) is 4.97. The lowest BCUT2D eigenvalue weighted by Crippen LogP contribution is -2.34. The van der Waals surface area contributed by atoms with Gasteiger partial charge in [-0.3, -0.25) is 14.4 Å². The maximum absolute atomic E-state index is 13.0. The molecule has 0 saturated heterocycles. The van der Waals surface area contributed by atoms with Gasteiger partial charge in [0, 0.05) is 17.8 Å². The van der Waals surface area contributed by atoms with Crippen LogP contribution in [0, 0.1) is 6.92 Å². The van der Waals surface area contributed by atoms with Crippen LogP contribution in [0.25, 0.3) is 0 Å². The lowest BCUT2D eigenvalue weighted by atomic mass is 10.1. The van der Waals surface area contributed by atoms with Crippen molar-refractivity contribution in [1.82, 2.24) is 10.2 Å². The van der Waals surface area contributed by atoms with Gasteiger partial charge in [0.25, 0.3) is 15.9 Å². The van der Waals surface area contributed by atoms with Crippen LogP contribution in [-0.4, -0.2) is 47.0 Å². The average Bonchev–Trinajstić information content (AvgIpc) is 3.29. The van der Waals surface area contributed by atoms with E-state index >= 15 is 0 Å². The molecule has 170 valence electrons. The van der Waals surface area contributed by atoms with E-state index in [1.54, 1.807) is 36.6 Å². The van der Waals surface area contributed by atoms with E-state index in [2.05, 4.69) is 10.0 Å². The minimum atomic E-state index is -3.98. The zero-order valence-electron chi connectivity index (χ0n) is 18.5. The van der Waals surface area contributed by atoms with Crippen molar-refractivity contribution in [3.8, 4) is 5.75 Å². The number of carbonyl (C=O) groups is 1. The zero-order chi connectivity index (χ0) is 23.3. The first kappa shape index (κ1) is 23.4. The minimum Gasteiger partial charge on any atom is -0.495 e. The van der Waals surface area contributed by atoms with Gasteiger partial charge in [0.2, 0.25) is 0 Å². The summed E-state index contributed by atoms with van der Waals surface area (Å²) >= 11 is 0. The summed E-state index contributed by atoms with van der Waals surface area (Å²) in [6.45, 7) is 2.20. The first-order valence-corrected chi connectivity index (χ1v) is 11.4. The Morgan fingerprint density at radius 2 is 1.84 bits per heavy atom. The monoisotopic (exact) mass is 457 g/mol. The van der Waals surface area contributed by atoms with E-state index < -0.39 is 15.9 Å². The molecule has 32 heavy (non-hydrogen) atoms. The van der Waals surface area contributed by atoms with Gasteiger partial charge >= 0.3 is 0 Å². The molecular weight excluding hydrogens is 430 g/mol. The lowest BCUT2D eigenvalue weighted by Gasteiger charge is -2.22. The first-order chi connectivity index (χ1) is 15.2. The second kappa shape index (κ2) is 9.88. The number of nitrogens with one attached hydrogen (secondary N) is 2. The third kappa shape index (κ3) is 5.49. The lowest BCUT2D eigenvalue weighted by molar-refractivity contribution is 0.0938. The Kier molecular flexibility index (Phi) is 7.22. The van der Waals surface area contributed by atoms with Crippen LogP contribution in [0.15, 0.2) is 70.2 Å². The second-order valence-electron chi connectivity index (χ2n) is 7.54. The number of amides is 1. The van der Waals surface area contributed by atoms with E-state index in [0.29, 0.717) is 5.69 Å². The predicted molar refractivity (Wildman–Crippen MR) is 122 cm³/mol. The first-order valence-electron chi connectivity index (χ1n) is 9.97. The van der Waals surface area contributed by atoms with E-state index in [1.807, 2.05) is 32.0 Å². The molecule has 0 bridgehead atoms. The van der Waals surface area contributed by atoms with Crippen molar-refractivity contribution in [2.45, 2.75) is 17.9 Å². The largest absolute Gasteiger partial charge is 0.495 e. The fourth-order valence-corrected chi connectivity index (χ4v) is 4.42. The predicted octanol–water partition coefficient (Wildman–Crippen LogP) is 3.43. The molecule has 8 nitrogen and oxygen atoms in total. The fraction of sp³-hybridized carbons (Fsp3) is 0.261. The van der Waals surface area contributed by atoms with Crippen molar-refractivity contribution >= 4 is 21.6 Å². The van der Waals surface area contributed by atoms with E-state index in [0.717, 1.165) is 11.3 Å². The Labute approximate surface area is 188 Å². The summed E-state index contributed by atoms with van der Waals surface area (Å²) in [5.41, 5.74) is 1.63. The Morgan fingerprint density at radius 3 is 2.44 bits per heavy atom. The molecule has 0 spiro atoms. The number of nitrogens with zero attached hydrogens (tertiary/aromatic N) is 1. The van der Waals surface area contributed by atoms with Crippen LogP contribution >= 0.6 is 0 Å². The number of hydrogen-bond acceptors (Lipinski definition) is 6. The maximum atomic E-state index is 13.0. The van der Waals surface area contributed by atoms with Crippen molar-refractivity contribution in [3.05, 3.63) is 77.7 Å². The molecule has 9 heteroatoms. The number of likely N-dealkylation sites (N-methyl/N-ethyl adjacent to an activating group) is 1. The molecule has 1 amide bonds. The number of benzene rings is 2. The van der Waals surface area contributed by atoms with Crippen LogP contribution in [0.2, 0.25) is 0 Å². The van der Waals surface area contributed by atoms with Crippen molar-refractivity contribution in [2.24, 2.45) is 0 Å². The zero-order valence-corrected chi connectivity index (χ0v) is 19.3. The number of anilines is 1. The second-order valence-corrected chi connectivity index (χ2v) is 9.19. The molecule has 0 radical (unpaired) electrons. The number of ether oxygens (including phenoxy) is 1. The van der Waals surface area contributed by atoms with Gasteiger partial charge in [-0.05, 0) is 63.5 Å². The van der Waals surface area contributed by atoms with E-state index in [9.17, 15) is 13.2 Å². The summed E-state index contributed by atoms with van der Waals surface area (Å²) in [6.07, 6.45) is 1.58. The van der Waals surface area contributed by atoms with Crippen LogP contribution in [0.4, 0.5) is 5.69 Å². The summed E-state index contributed by atoms with van der Waals surface area (Å²) in [4.78, 5) is 14.6. The molecule has 1 aromatic heterocycles. The highest BCUT2D eigenvalue weighted by molar-refractivity contribution is 7.92. The minimum absolute atomic E-state index is 0.122. The third-order valence-corrected chi connectivity index (χ3v) is 6.37. The molecule has 2 N–H and O–H groups in total. The quantitative estimate of drug-likeness (QED) is 0.511. The summed E-state index contributed by atoms with van der Waals surface area (Å²) in [6, 6.07) is 14.7. The fourth-order valence-electron chi connectivity index (χ4n) is 3.17. The summed E-state index contributed by atoms with van der Waals surface area (Å²) < 4.78 is 39.2. The van der Waals surface area contributed by atoms with Crippen LogP contribution < -0.4 is 14.8 Å². The number of hydrogen-bond donors (Lipinski definition) is 2. The van der Waals surface area contributed by atoms with E-state index in [4.69, 9.17) is 9.15 Å². The highest BCUT2D eigenvalue weighted by Gasteiger charge is 2.23. The summed E-state index contributed by atoms with van der Waals surface area (Å²) in [5, 5.41) is 2.84. The molecule has 0 aliphatic rings. The Morgan fingerprint density at radius 1 is 1.12 bits per heavy atom. The number of furan rings is 1. The van der Waals surface area contributed by atoms with Crippen molar-refractivity contribution in [3.63, 3.8) is 0 Å². The van der Waals surface area contributed by atoms with Gasteiger partial charge in [0.1, 0.15) is 16.4 Å². The molecule has 0 aliphatic carbocycles. The van der Waals surface area contributed by atoms with Gasteiger partial charge < -0.3 is 14.5 Å². The number of methoxy groups -OCH3 is 1. The van der Waals surface area contributed by atoms with Gasteiger partial charge in [-0.2, -0.15) is 0 Å². The Balaban J connectivity index is 1.81. The summed E-state index contributed by atoms with van der Waals surface area (Å²) in [7, 11) is 1.16. The maximum Gasteiger partial charge on any atom is 0.265 e. The molecule has 2 aromatic carbocycles. The van der Waals surface area contributed by atoms with Gasteiger partial charge in [-0.1, -0.05) is 17.7 Å². The topological polar surface area (TPSA) is 101 Å². The average molecular weight is 458 g/mol. The number of aryl methyl sites for hydroxylation is 1. The van der Waals surface area contributed by atoms with Crippen molar-refractivity contribution < 1.29 is 22.4 Å². The molecule has 0 saturated carbocycles. The molecule has 1 atom stereocenters. The standard InChI is InChI=1S/C23H27N3O5S/c1-16-7-10-18(11-8-16)25-32(28,29)22-14-17(9-12-21(22)30-4)23(27)24-15-19(26(2)3)20-6-5-13-31-20/h5-14,19,25H,15H2,1-4H3,(H,24,27)/t19-/m1/s1. The number of carbonyl (C=O) groups excluding carboxylic acids is 1. The highest BCUT2D eigenvalue weighted by Crippen LogP contribution is 2.27. The molecule has 3 rings (SSSR count). The molecule has 0 unspecified atom stereocenters. The Hall–Kier alpha value is -3.30. The van der Waals surface area contributed by atoms with Crippen LogP contribution in [0.1, 0.15) is 27.7 Å². The molecule has 0 fully saturated rings. The number of sulfonamides is 1. The normalized spacial score (nSPS) is 12.4.